The van der Waals surface area contributed by atoms with Crippen LogP contribution in [0.2, 0.25) is 0 Å². The van der Waals surface area contributed by atoms with Gasteiger partial charge >= 0.3 is 6.09 Å². The van der Waals surface area contributed by atoms with Crippen LogP contribution >= 0.6 is 0 Å². The zero-order valence-electron chi connectivity index (χ0n) is 62.5. The van der Waals surface area contributed by atoms with E-state index in [0.29, 0.717) is 104 Å². The number of aryl methyl sites for hydroxylation is 1. The number of aliphatic hydroxyl groups is 1. The number of carbonyl (C=O) groups is 9. The van der Waals surface area contributed by atoms with Crippen LogP contribution in [0.25, 0.3) is 28.1 Å². The number of unbranched alkanes of at least 4 members (excludes halogenated alkanes) is 2. The van der Waals surface area contributed by atoms with Gasteiger partial charge < -0.3 is 80.1 Å². The fraction of sp³-hybridized carbons (Fsp3) is 0.395. The van der Waals surface area contributed by atoms with Crippen molar-refractivity contribution < 1.29 is 76.7 Å². The lowest BCUT2D eigenvalue weighted by atomic mass is 9.95. The molecule has 1 saturated carbocycles. The molecule has 0 bridgehead atoms. The van der Waals surface area contributed by atoms with Crippen molar-refractivity contribution >= 4 is 81.7 Å². The Morgan fingerprint density at radius 2 is 1.37 bits per heavy atom. The van der Waals surface area contributed by atoms with Crippen LogP contribution in [0.15, 0.2) is 128 Å². The first-order valence-corrected chi connectivity index (χ1v) is 37.2. The molecule has 9 amide bonds. The van der Waals surface area contributed by atoms with E-state index >= 15 is 0 Å². The fourth-order valence-corrected chi connectivity index (χ4v) is 14.7. The zero-order valence-corrected chi connectivity index (χ0v) is 62.5. The highest BCUT2D eigenvalue weighted by molar-refractivity contribution is 6.07. The van der Waals surface area contributed by atoms with Crippen molar-refractivity contribution in [2.75, 3.05) is 81.2 Å². The Balaban J connectivity index is 0.557. The summed E-state index contributed by atoms with van der Waals surface area (Å²) >= 11 is 0. The molecule has 29 nitrogen and oxygen atoms in total. The molecule has 1 unspecified atom stereocenters. The van der Waals surface area contributed by atoms with E-state index in [4.69, 9.17) is 28.4 Å². The topological polar surface area (TPSA) is 345 Å². The Hall–Kier alpha value is -12.0. The van der Waals surface area contributed by atoms with Gasteiger partial charge in [0.05, 0.1) is 100 Å². The molecule has 5 atom stereocenters. The highest BCUT2D eigenvalue weighted by Gasteiger charge is 2.58. The number of aliphatic hydroxyl groups excluding tert-OH is 1. The number of hydrogen-bond acceptors (Lipinski definition) is 19. The normalized spacial score (nSPS) is 17.4. The third-order valence-corrected chi connectivity index (χ3v) is 21.0. The van der Waals surface area contributed by atoms with Crippen LogP contribution in [0.5, 0.6) is 28.7 Å². The molecule has 1 aliphatic carbocycles. The molecule has 7 N–H and O–H groups in total. The largest absolute Gasteiger partial charge is 0.497 e. The number of anilines is 4. The highest BCUT2D eigenvalue weighted by Crippen LogP contribution is 2.57. The fourth-order valence-electron chi connectivity index (χ4n) is 14.7. The maximum atomic E-state index is 14.5. The van der Waals surface area contributed by atoms with Gasteiger partial charge in [-0.05, 0) is 135 Å². The lowest BCUT2D eigenvalue weighted by Crippen LogP contribution is -2.55. The lowest BCUT2D eigenvalue weighted by molar-refractivity contribution is -0.132. The van der Waals surface area contributed by atoms with Crippen molar-refractivity contribution in [2.45, 2.75) is 136 Å². The van der Waals surface area contributed by atoms with Gasteiger partial charge in [-0.25, -0.2) is 14.4 Å². The van der Waals surface area contributed by atoms with E-state index in [1.54, 1.807) is 70.7 Å². The van der Waals surface area contributed by atoms with Gasteiger partial charge in [-0.15, -0.1) is 5.10 Å². The molecule has 110 heavy (non-hydrogen) atoms. The Labute approximate surface area is 636 Å². The summed E-state index contributed by atoms with van der Waals surface area (Å²) in [5.74, 6) is -2.27. The average Bonchev–Trinajstić information content (AvgIpc) is 1.56. The van der Waals surface area contributed by atoms with Crippen molar-refractivity contribution in [1.82, 2.24) is 46.1 Å². The van der Waals surface area contributed by atoms with Gasteiger partial charge in [-0.2, -0.15) is 0 Å². The van der Waals surface area contributed by atoms with E-state index in [0.717, 1.165) is 57.0 Å². The van der Waals surface area contributed by atoms with Crippen LogP contribution < -0.4 is 65.4 Å². The molecule has 6 aromatic carbocycles. The smallest absolute Gasteiger partial charge is 0.416 e. The van der Waals surface area contributed by atoms with Gasteiger partial charge in [0.1, 0.15) is 30.1 Å². The Bertz CT molecular complexity index is 4710. The summed E-state index contributed by atoms with van der Waals surface area (Å²) in [5, 5.41) is 37.5. The van der Waals surface area contributed by atoms with Gasteiger partial charge in [-0.3, -0.25) is 38.4 Å². The second kappa shape index (κ2) is 33.2. The molecule has 1 spiro atoms. The number of nitrogens with one attached hydrogen (secondary N) is 6. The van der Waals surface area contributed by atoms with Crippen molar-refractivity contribution in [2.24, 2.45) is 11.3 Å². The highest BCUT2D eigenvalue weighted by atomic mass is 16.6. The molecule has 0 radical (unpaired) electrons. The molecule has 13 rings (SSSR count). The number of ether oxygens (including phenoxy) is 6. The van der Waals surface area contributed by atoms with Crippen LogP contribution in [0.3, 0.4) is 0 Å². The summed E-state index contributed by atoms with van der Waals surface area (Å²) in [7, 11) is 4.62. The molecule has 1 saturated heterocycles. The predicted molar refractivity (Wildman–Crippen MR) is 407 cm³/mol. The average molecular weight is 1500 g/mol. The predicted octanol–water partition coefficient (Wildman–Crippen LogP) is 8.58. The number of amides is 9. The van der Waals surface area contributed by atoms with E-state index in [1.807, 2.05) is 92.0 Å². The summed E-state index contributed by atoms with van der Waals surface area (Å²) < 4.78 is 37.1. The summed E-state index contributed by atoms with van der Waals surface area (Å²) in [6.45, 7) is 7.86. The minimum atomic E-state index is -1.48. The number of benzene rings is 6. The van der Waals surface area contributed by atoms with E-state index in [9.17, 15) is 48.3 Å². The van der Waals surface area contributed by atoms with Crippen molar-refractivity contribution in [3.8, 4) is 51.3 Å². The number of fused-ring (bicyclic) bond motifs is 9. The van der Waals surface area contributed by atoms with Gasteiger partial charge in [0.25, 0.3) is 11.8 Å². The first-order chi connectivity index (χ1) is 53.1. The number of nitrogens with zero attached hydrogens (tertiary/aromatic N) is 7. The summed E-state index contributed by atoms with van der Waals surface area (Å²) in [6.07, 6.45) is 4.03. The number of aromatic nitrogens is 3. The van der Waals surface area contributed by atoms with Crippen molar-refractivity contribution in [3.63, 3.8) is 0 Å². The van der Waals surface area contributed by atoms with Crippen LogP contribution in [0.1, 0.15) is 123 Å². The third-order valence-electron chi connectivity index (χ3n) is 21.0. The summed E-state index contributed by atoms with van der Waals surface area (Å²) in [5.41, 5.74) is 8.78. The van der Waals surface area contributed by atoms with E-state index in [-0.39, 0.29) is 84.5 Å². The standard InChI is InChI=1S/C81H91N13O16/c1-8-93-74-57-18-12-13-19-61(57)91(43-51-16-10-11-17-56(51)73(74)88-89-93)71(98)29-28-68(95)83-41-69(96)84-42-70(97)87-72(47(2)3)76(100)85-48(4)75(99)86-53-24-20-49(21-25-53)45-110-80(104)94-62-38-67(65(107-7)36-59(62)78(102)92-46-81(30-31-81)39-63(92)79(94)103)109-33-15-9-14-32-108-66-37-60-58(35-64(66)106-6)77(101)90-44-52(34-54(90)40-82-60)50-22-26-55(105-5)27-23-50/h10-13,16-27,35-38,44,47-48,54,63,72,79,82,103H,8-9,14-15,28-34,39-43,45-46H2,1-7H3,(H,83,95)(H,84,96)(H,85,100)(H,86,99)(H,87,97)/t48-,54-,63-,72-,79?/m0/s1. The Kier molecular flexibility index (Phi) is 23.0. The molecule has 2 fully saturated rings. The number of hydrogen-bond donors (Lipinski definition) is 7. The van der Waals surface area contributed by atoms with Crippen molar-refractivity contribution in [1.29, 1.82) is 0 Å². The second-order valence-corrected chi connectivity index (χ2v) is 28.7. The second-order valence-electron chi connectivity index (χ2n) is 28.7. The molecule has 7 aromatic rings. The molecule has 6 aliphatic rings. The van der Waals surface area contributed by atoms with Crippen LogP contribution in [0, 0.1) is 11.3 Å². The van der Waals surface area contributed by atoms with E-state index in [1.165, 1.54) is 33.3 Å². The first-order valence-electron chi connectivity index (χ1n) is 37.2. The number of methoxy groups -OCH3 is 3. The molecule has 1 aromatic heterocycles. The number of para-hydroxylation sites is 1. The van der Waals surface area contributed by atoms with Gasteiger partial charge in [0, 0.05) is 67.6 Å². The molecular weight excluding hydrogens is 1410 g/mol. The Morgan fingerprint density at radius 1 is 0.691 bits per heavy atom. The molecule has 6 heterocycles. The maximum absolute atomic E-state index is 14.5. The SMILES string of the molecule is CCn1nnc2c1-c1ccccc1N(C(=O)CCC(=O)NCC(=O)NCC(=O)N[C@H](C(=O)N[C@@H](C)C(=O)Nc1ccc(COC(=O)N3c4cc(OCCCCCOc5cc6c(cc5OC)C(=O)N5C=C(c7ccc(OC)cc7)C[C@H]5CN6)c(OC)cc4C(=O)N4CC5(CC5)C[C@H]4C3O)cc1)C(C)C)Cc1ccccc1-2. The summed E-state index contributed by atoms with van der Waals surface area (Å²) in [6, 6.07) is 33.0. The van der Waals surface area contributed by atoms with Gasteiger partial charge in [0.2, 0.25) is 35.4 Å². The monoisotopic (exact) mass is 1500 g/mol. The summed E-state index contributed by atoms with van der Waals surface area (Å²) in [4.78, 5) is 129. The minimum absolute atomic E-state index is 0.0775. The number of carbonyl (C=O) groups excluding carboxylic acids is 9. The van der Waals surface area contributed by atoms with E-state index < -0.39 is 79.0 Å². The lowest BCUT2D eigenvalue weighted by Gasteiger charge is -2.31. The molecule has 576 valence electrons. The quantitative estimate of drug-likeness (QED) is 0.0226. The zero-order chi connectivity index (χ0) is 77.5. The van der Waals surface area contributed by atoms with Gasteiger partial charge in [-0.1, -0.05) is 85.8 Å². The first kappa shape index (κ1) is 76.2. The maximum Gasteiger partial charge on any atom is 0.416 e. The van der Waals surface area contributed by atoms with Crippen LogP contribution in [0.4, 0.5) is 27.5 Å². The Morgan fingerprint density at radius 3 is 2.07 bits per heavy atom. The van der Waals surface area contributed by atoms with E-state index in [2.05, 4.69) is 42.2 Å². The van der Waals surface area contributed by atoms with Crippen LogP contribution in [-0.4, -0.2) is 174 Å². The molecule has 29 heteroatoms. The molecular formula is C81H91N13O16. The van der Waals surface area contributed by atoms with Crippen LogP contribution in [-0.2, 0) is 53.2 Å². The van der Waals surface area contributed by atoms with Gasteiger partial charge in [0.15, 0.2) is 29.2 Å². The van der Waals surface area contributed by atoms with Crippen molar-refractivity contribution in [3.05, 3.63) is 155 Å². The minimum Gasteiger partial charge on any atom is -0.497 e. The third kappa shape index (κ3) is 16.5. The number of rotatable bonds is 28. The molecule has 5 aliphatic heterocycles.